The molecule has 26 heavy (non-hydrogen) atoms. The van der Waals surface area contributed by atoms with Crippen molar-refractivity contribution in [3.63, 3.8) is 0 Å². The Bertz CT molecular complexity index is 786. The van der Waals surface area contributed by atoms with Gasteiger partial charge in [-0.2, -0.15) is 0 Å². The van der Waals surface area contributed by atoms with Crippen LogP contribution in [0.4, 0.5) is 5.95 Å². The molecule has 7 heteroatoms. The molecule has 1 aromatic heterocycles. The fourth-order valence-corrected chi connectivity index (χ4v) is 4.67. The Balaban J connectivity index is 1.71. The number of hydrogen-bond donors (Lipinski definition) is 0. The van der Waals surface area contributed by atoms with E-state index in [9.17, 15) is 4.79 Å². The highest BCUT2D eigenvalue weighted by Gasteiger charge is 2.28. The summed E-state index contributed by atoms with van der Waals surface area (Å²) in [6, 6.07) is 8.35. The molecule has 2 aromatic rings. The van der Waals surface area contributed by atoms with E-state index in [-0.39, 0.29) is 5.25 Å². The average molecular weight is 372 g/mol. The first-order valence-electron chi connectivity index (χ1n) is 9.27. The van der Waals surface area contributed by atoms with Crippen molar-refractivity contribution in [2.75, 3.05) is 31.2 Å². The number of benzene rings is 1. The molecule has 1 aliphatic heterocycles. The normalized spacial score (nSPS) is 21.2. The minimum atomic E-state index is -0.00551. The van der Waals surface area contributed by atoms with Gasteiger partial charge in [0.2, 0.25) is 5.95 Å². The van der Waals surface area contributed by atoms with Gasteiger partial charge in [-0.15, -0.1) is 10.2 Å². The molecule has 138 valence electrons. The Hall–Kier alpha value is -1.86. The lowest BCUT2D eigenvalue weighted by molar-refractivity contribution is -0.119. The molecule has 2 fully saturated rings. The van der Waals surface area contributed by atoms with Crippen LogP contribution >= 0.6 is 11.8 Å². The molecule has 6 nitrogen and oxygen atoms in total. The second-order valence-corrected chi connectivity index (χ2v) is 8.04. The van der Waals surface area contributed by atoms with E-state index in [1.807, 2.05) is 6.07 Å². The van der Waals surface area contributed by atoms with Crippen molar-refractivity contribution in [2.24, 2.45) is 0 Å². The summed E-state index contributed by atoms with van der Waals surface area (Å²) in [5, 5.41) is 9.75. The van der Waals surface area contributed by atoms with Gasteiger partial charge in [-0.1, -0.05) is 30.3 Å². The standard InChI is InChI=1S/C19H24N4O2S/c1-14-5-4-6-15(13-14)23-18(22-9-11-25-12-10-22)20-21-19(23)26-17-8-3-2-7-16(17)24/h4-6,13,17H,2-3,7-12H2,1H3. The van der Waals surface area contributed by atoms with Gasteiger partial charge in [0, 0.05) is 19.5 Å². The maximum Gasteiger partial charge on any atom is 0.232 e. The minimum absolute atomic E-state index is 0.00551. The number of ether oxygens (including phenoxy) is 1. The fraction of sp³-hybridized carbons (Fsp3) is 0.526. The number of aromatic nitrogens is 3. The summed E-state index contributed by atoms with van der Waals surface area (Å²) in [4.78, 5) is 14.5. The SMILES string of the molecule is Cc1cccc(-n2c(SC3CCCCC3=O)nnc2N2CCOCC2)c1. The number of aryl methyl sites for hydroxylation is 1. The number of thioether (sulfide) groups is 1. The maximum atomic E-state index is 12.3. The molecule has 2 aliphatic rings. The molecular formula is C19H24N4O2S. The van der Waals surface area contributed by atoms with Crippen molar-refractivity contribution >= 4 is 23.5 Å². The zero-order valence-electron chi connectivity index (χ0n) is 15.1. The highest BCUT2D eigenvalue weighted by Crippen LogP contribution is 2.34. The molecule has 0 amide bonds. The molecule has 1 atom stereocenters. The number of anilines is 1. The first-order chi connectivity index (χ1) is 12.7. The first-order valence-corrected chi connectivity index (χ1v) is 10.1. The minimum Gasteiger partial charge on any atom is -0.378 e. The molecule has 0 bridgehead atoms. The molecular weight excluding hydrogens is 348 g/mol. The lowest BCUT2D eigenvalue weighted by Crippen LogP contribution is -2.38. The van der Waals surface area contributed by atoms with Crippen LogP contribution in [0.25, 0.3) is 5.69 Å². The molecule has 1 aromatic carbocycles. The molecule has 1 aliphatic carbocycles. The molecule has 4 rings (SSSR count). The number of rotatable bonds is 4. The zero-order valence-corrected chi connectivity index (χ0v) is 15.9. The van der Waals surface area contributed by atoms with Crippen LogP contribution in [0.5, 0.6) is 0 Å². The molecule has 1 unspecified atom stereocenters. The van der Waals surface area contributed by atoms with Crippen LogP contribution < -0.4 is 4.90 Å². The summed E-state index contributed by atoms with van der Waals surface area (Å²) in [6.45, 7) is 5.09. The predicted molar refractivity (Wildman–Crippen MR) is 102 cm³/mol. The van der Waals surface area contributed by atoms with Crippen molar-refractivity contribution in [1.29, 1.82) is 0 Å². The van der Waals surface area contributed by atoms with E-state index in [0.717, 1.165) is 49.1 Å². The molecule has 1 saturated heterocycles. The van der Waals surface area contributed by atoms with Crippen molar-refractivity contribution in [2.45, 2.75) is 43.0 Å². The molecule has 0 N–H and O–H groups in total. The van der Waals surface area contributed by atoms with Gasteiger partial charge in [0.25, 0.3) is 0 Å². The summed E-state index contributed by atoms with van der Waals surface area (Å²) in [7, 11) is 0. The second kappa shape index (κ2) is 7.80. The molecule has 0 radical (unpaired) electrons. The van der Waals surface area contributed by atoms with E-state index in [2.05, 4.69) is 44.8 Å². The fourth-order valence-electron chi connectivity index (χ4n) is 3.50. The van der Waals surface area contributed by atoms with E-state index in [1.165, 1.54) is 5.56 Å². The van der Waals surface area contributed by atoms with E-state index >= 15 is 0 Å². The van der Waals surface area contributed by atoms with E-state index in [0.29, 0.717) is 25.4 Å². The monoisotopic (exact) mass is 372 g/mol. The van der Waals surface area contributed by atoms with Crippen molar-refractivity contribution < 1.29 is 9.53 Å². The number of morpholine rings is 1. The third-order valence-electron chi connectivity index (χ3n) is 4.92. The second-order valence-electron chi connectivity index (χ2n) is 6.87. The average Bonchev–Trinajstić information content (AvgIpc) is 3.08. The molecule has 1 saturated carbocycles. The highest BCUT2D eigenvalue weighted by atomic mass is 32.2. The Labute approximate surface area is 157 Å². The molecule has 2 heterocycles. The lowest BCUT2D eigenvalue weighted by atomic mass is 9.99. The smallest absolute Gasteiger partial charge is 0.232 e. The summed E-state index contributed by atoms with van der Waals surface area (Å²) < 4.78 is 7.58. The van der Waals surface area contributed by atoms with Gasteiger partial charge < -0.3 is 9.64 Å². The lowest BCUT2D eigenvalue weighted by Gasteiger charge is -2.28. The number of carbonyl (C=O) groups excluding carboxylic acids is 1. The topological polar surface area (TPSA) is 60.2 Å². The number of carbonyl (C=O) groups is 1. The predicted octanol–water partition coefficient (Wildman–Crippen LogP) is 3.02. The van der Waals surface area contributed by atoms with Gasteiger partial charge >= 0.3 is 0 Å². The van der Waals surface area contributed by atoms with Gasteiger partial charge in [0.1, 0.15) is 5.78 Å². The van der Waals surface area contributed by atoms with Crippen molar-refractivity contribution in [3.8, 4) is 5.69 Å². The van der Waals surface area contributed by atoms with Crippen molar-refractivity contribution in [1.82, 2.24) is 14.8 Å². The number of nitrogens with zero attached hydrogens (tertiary/aromatic N) is 4. The summed E-state index contributed by atoms with van der Waals surface area (Å²) >= 11 is 1.57. The third kappa shape index (κ3) is 3.64. The van der Waals surface area contributed by atoms with E-state index < -0.39 is 0 Å². The third-order valence-corrected chi connectivity index (χ3v) is 6.17. The quantitative estimate of drug-likeness (QED) is 0.822. The highest BCUT2D eigenvalue weighted by molar-refractivity contribution is 8.00. The van der Waals surface area contributed by atoms with Gasteiger partial charge in [0.15, 0.2) is 5.16 Å². The van der Waals surface area contributed by atoms with E-state index in [4.69, 9.17) is 4.74 Å². The van der Waals surface area contributed by atoms with Crippen LogP contribution in [0.15, 0.2) is 29.4 Å². The van der Waals surface area contributed by atoms with Gasteiger partial charge in [-0.3, -0.25) is 9.36 Å². The summed E-state index contributed by atoms with van der Waals surface area (Å²) in [5.41, 5.74) is 2.23. The van der Waals surface area contributed by atoms with Gasteiger partial charge in [-0.05, 0) is 37.5 Å². The van der Waals surface area contributed by atoms with Crippen LogP contribution in [0, 0.1) is 6.92 Å². The summed E-state index contributed by atoms with van der Waals surface area (Å²) in [5.74, 6) is 1.18. The van der Waals surface area contributed by atoms with Gasteiger partial charge in [0.05, 0.1) is 24.2 Å². The van der Waals surface area contributed by atoms with Crippen LogP contribution in [-0.2, 0) is 9.53 Å². The Morgan fingerprint density at radius 1 is 1.19 bits per heavy atom. The summed E-state index contributed by atoms with van der Waals surface area (Å²) in [6.07, 6.45) is 3.74. The largest absolute Gasteiger partial charge is 0.378 e. The van der Waals surface area contributed by atoms with Crippen LogP contribution in [-0.4, -0.2) is 52.1 Å². The van der Waals surface area contributed by atoms with E-state index in [1.54, 1.807) is 11.8 Å². The zero-order chi connectivity index (χ0) is 17.9. The Morgan fingerprint density at radius 3 is 2.81 bits per heavy atom. The Kier molecular flexibility index (Phi) is 5.26. The first kappa shape index (κ1) is 17.5. The number of Topliss-reactive ketones (excluding diaryl/α,β-unsaturated/α-hetero) is 1. The Morgan fingerprint density at radius 2 is 2.04 bits per heavy atom. The van der Waals surface area contributed by atoms with Gasteiger partial charge in [-0.25, -0.2) is 0 Å². The van der Waals surface area contributed by atoms with Crippen LogP contribution in [0.1, 0.15) is 31.2 Å². The maximum absolute atomic E-state index is 12.3. The number of hydrogen-bond acceptors (Lipinski definition) is 6. The van der Waals surface area contributed by atoms with Crippen molar-refractivity contribution in [3.05, 3.63) is 29.8 Å². The van der Waals surface area contributed by atoms with Crippen LogP contribution in [0.3, 0.4) is 0 Å². The van der Waals surface area contributed by atoms with Crippen LogP contribution in [0.2, 0.25) is 0 Å². The number of ketones is 1. The molecule has 0 spiro atoms.